The Morgan fingerprint density at radius 2 is 2.11 bits per heavy atom. The minimum atomic E-state index is -0.646. The van der Waals surface area contributed by atoms with Crippen LogP contribution >= 0.6 is 0 Å². The van der Waals surface area contributed by atoms with Gasteiger partial charge in [-0.05, 0) is 25.0 Å². The molecule has 1 aromatic carbocycles. The Bertz CT molecular complexity index is 458. The minimum Gasteiger partial charge on any atom is -0.465 e. The van der Waals surface area contributed by atoms with Gasteiger partial charge in [0.1, 0.15) is 11.4 Å². The molecular weight excluding hydrogens is 249 g/mol. The molecule has 2 rings (SSSR count). The highest BCUT2D eigenvalue weighted by atomic mass is 19.1. The Hall–Kier alpha value is -1.62. The second-order valence-electron chi connectivity index (χ2n) is 4.58. The Morgan fingerprint density at radius 3 is 2.74 bits per heavy atom. The van der Waals surface area contributed by atoms with Crippen molar-refractivity contribution in [2.75, 3.05) is 32.3 Å². The van der Waals surface area contributed by atoms with E-state index in [1.165, 1.54) is 13.2 Å². The van der Waals surface area contributed by atoms with Crippen LogP contribution in [0.1, 0.15) is 23.2 Å². The summed E-state index contributed by atoms with van der Waals surface area (Å²) < 4.78 is 23.8. The maximum Gasteiger partial charge on any atom is 0.342 e. The van der Waals surface area contributed by atoms with Gasteiger partial charge >= 0.3 is 5.97 Å². The second-order valence-corrected chi connectivity index (χ2v) is 4.58. The van der Waals surface area contributed by atoms with Gasteiger partial charge in [0.2, 0.25) is 0 Å². The van der Waals surface area contributed by atoms with E-state index in [4.69, 9.17) is 4.74 Å². The van der Waals surface area contributed by atoms with Crippen LogP contribution in [0.2, 0.25) is 0 Å². The number of nitrogens with zero attached hydrogens (tertiary/aromatic N) is 1. The Balaban J connectivity index is 2.32. The lowest BCUT2D eigenvalue weighted by molar-refractivity contribution is 0.0595. The van der Waals surface area contributed by atoms with Gasteiger partial charge in [0.05, 0.1) is 12.8 Å². The van der Waals surface area contributed by atoms with Gasteiger partial charge in [0, 0.05) is 26.3 Å². The molecule has 1 aliphatic heterocycles. The van der Waals surface area contributed by atoms with Crippen LogP contribution in [0.4, 0.5) is 10.1 Å². The van der Waals surface area contributed by atoms with Crippen molar-refractivity contribution in [3.05, 3.63) is 29.6 Å². The van der Waals surface area contributed by atoms with Crippen molar-refractivity contribution in [3.63, 3.8) is 0 Å². The Morgan fingerprint density at radius 1 is 1.42 bits per heavy atom. The number of anilines is 1. The lowest BCUT2D eigenvalue weighted by Gasteiger charge is -2.33. The highest BCUT2D eigenvalue weighted by Crippen LogP contribution is 2.27. The van der Waals surface area contributed by atoms with Gasteiger partial charge in [-0.25, -0.2) is 9.18 Å². The molecule has 0 aromatic heterocycles. The van der Waals surface area contributed by atoms with Crippen molar-refractivity contribution in [2.24, 2.45) is 0 Å². The minimum absolute atomic E-state index is 0.000933. The molecule has 0 unspecified atom stereocenters. The number of hydrogen-bond acceptors (Lipinski definition) is 4. The molecule has 104 valence electrons. The molecule has 5 heteroatoms. The highest BCUT2D eigenvalue weighted by Gasteiger charge is 2.25. The summed E-state index contributed by atoms with van der Waals surface area (Å²) >= 11 is 0. The molecule has 0 atom stereocenters. The van der Waals surface area contributed by atoms with Crippen molar-refractivity contribution in [1.29, 1.82) is 0 Å². The number of methoxy groups -OCH3 is 1. The Kier molecular flexibility index (Phi) is 4.37. The van der Waals surface area contributed by atoms with E-state index < -0.39 is 11.8 Å². The number of hydrogen-bond donors (Lipinski definition) is 0. The zero-order valence-corrected chi connectivity index (χ0v) is 11.2. The molecule has 1 heterocycles. The van der Waals surface area contributed by atoms with Gasteiger partial charge < -0.3 is 14.4 Å². The molecule has 0 saturated carbocycles. The standard InChI is InChI=1S/C14H18FNO3/c1-16(10-6-8-19-9-7-10)12-5-3-4-11(15)13(12)14(17)18-2/h3-5,10H,6-9H2,1-2H3. The molecule has 19 heavy (non-hydrogen) atoms. The van der Waals surface area contributed by atoms with Crippen molar-refractivity contribution >= 4 is 11.7 Å². The third kappa shape index (κ3) is 2.87. The van der Waals surface area contributed by atoms with E-state index in [2.05, 4.69) is 4.74 Å². The van der Waals surface area contributed by atoms with Crippen molar-refractivity contribution in [3.8, 4) is 0 Å². The predicted molar refractivity (Wildman–Crippen MR) is 70.0 cm³/mol. The number of rotatable bonds is 3. The first-order valence-corrected chi connectivity index (χ1v) is 6.32. The molecular formula is C14H18FNO3. The van der Waals surface area contributed by atoms with E-state index in [0.29, 0.717) is 18.9 Å². The molecule has 1 saturated heterocycles. The number of esters is 1. The lowest BCUT2D eigenvalue weighted by atomic mass is 10.0. The van der Waals surface area contributed by atoms with Crippen molar-refractivity contribution in [1.82, 2.24) is 0 Å². The zero-order chi connectivity index (χ0) is 13.8. The van der Waals surface area contributed by atoms with Gasteiger partial charge in [-0.15, -0.1) is 0 Å². The third-order valence-electron chi connectivity index (χ3n) is 3.50. The van der Waals surface area contributed by atoms with E-state index in [1.54, 1.807) is 12.1 Å². The molecule has 0 bridgehead atoms. The average Bonchev–Trinajstić information content (AvgIpc) is 2.46. The summed E-state index contributed by atoms with van der Waals surface area (Å²) in [6.45, 7) is 1.38. The lowest BCUT2D eigenvalue weighted by Crippen LogP contribution is -2.37. The monoisotopic (exact) mass is 267 g/mol. The summed E-state index contributed by atoms with van der Waals surface area (Å²) in [6.07, 6.45) is 1.74. The fourth-order valence-corrected chi connectivity index (χ4v) is 2.38. The summed E-state index contributed by atoms with van der Waals surface area (Å²) in [6, 6.07) is 4.87. The van der Waals surface area contributed by atoms with Crippen LogP contribution in [0.3, 0.4) is 0 Å². The zero-order valence-electron chi connectivity index (χ0n) is 11.2. The van der Waals surface area contributed by atoms with E-state index in [1.807, 2.05) is 11.9 Å². The predicted octanol–water partition coefficient (Wildman–Crippen LogP) is 2.23. The molecule has 0 spiro atoms. The number of carbonyl (C=O) groups excluding carboxylic acids is 1. The van der Waals surface area contributed by atoms with Gasteiger partial charge in [0.25, 0.3) is 0 Å². The second kappa shape index (κ2) is 6.02. The summed E-state index contributed by atoms with van der Waals surface area (Å²) in [5, 5.41) is 0. The summed E-state index contributed by atoms with van der Waals surface area (Å²) in [7, 11) is 3.13. The number of halogens is 1. The number of benzene rings is 1. The molecule has 0 amide bonds. The molecule has 1 aliphatic rings. The van der Waals surface area contributed by atoms with Crippen LogP contribution in [-0.4, -0.2) is 39.4 Å². The molecule has 4 nitrogen and oxygen atoms in total. The number of ether oxygens (including phenoxy) is 2. The third-order valence-corrected chi connectivity index (χ3v) is 3.50. The van der Waals surface area contributed by atoms with E-state index in [9.17, 15) is 9.18 Å². The quantitative estimate of drug-likeness (QED) is 0.787. The summed E-state index contributed by atoms with van der Waals surface area (Å²) in [5.74, 6) is -1.20. The first-order chi connectivity index (χ1) is 9.15. The van der Waals surface area contributed by atoms with E-state index in [0.717, 1.165) is 12.8 Å². The van der Waals surface area contributed by atoms with Crippen LogP contribution in [0.15, 0.2) is 18.2 Å². The smallest absolute Gasteiger partial charge is 0.342 e. The fraction of sp³-hybridized carbons (Fsp3) is 0.500. The maximum absolute atomic E-state index is 13.9. The van der Waals surface area contributed by atoms with Gasteiger partial charge in [0.15, 0.2) is 0 Å². The molecule has 0 aliphatic carbocycles. The molecule has 0 N–H and O–H groups in total. The first-order valence-electron chi connectivity index (χ1n) is 6.32. The van der Waals surface area contributed by atoms with Crippen molar-refractivity contribution in [2.45, 2.75) is 18.9 Å². The largest absolute Gasteiger partial charge is 0.465 e. The maximum atomic E-state index is 13.9. The fourth-order valence-electron chi connectivity index (χ4n) is 2.38. The van der Waals surface area contributed by atoms with Crippen LogP contribution in [0, 0.1) is 5.82 Å². The van der Waals surface area contributed by atoms with Crippen LogP contribution in [-0.2, 0) is 9.47 Å². The molecule has 1 aromatic rings. The summed E-state index contributed by atoms with van der Waals surface area (Å²) in [5.41, 5.74) is 0.567. The van der Waals surface area contributed by atoms with Gasteiger partial charge in [-0.3, -0.25) is 0 Å². The van der Waals surface area contributed by atoms with Crippen LogP contribution < -0.4 is 4.90 Å². The summed E-state index contributed by atoms with van der Waals surface area (Å²) in [4.78, 5) is 13.7. The first kappa shape index (κ1) is 13.8. The van der Waals surface area contributed by atoms with Gasteiger partial charge in [-0.1, -0.05) is 6.07 Å². The average molecular weight is 267 g/mol. The molecule has 1 fully saturated rings. The highest BCUT2D eigenvalue weighted by molar-refractivity contribution is 5.96. The van der Waals surface area contributed by atoms with Gasteiger partial charge in [-0.2, -0.15) is 0 Å². The number of carbonyl (C=O) groups is 1. The normalized spacial score (nSPS) is 16.2. The SMILES string of the molecule is COC(=O)c1c(F)cccc1N(C)C1CCOCC1. The topological polar surface area (TPSA) is 38.8 Å². The van der Waals surface area contributed by atoms with Crippen molar-refractivity contribution < 1.29 is 18.7 Å². The van der Waals surface area contributed by atoms with Crippen LogP contribution in [0.5, 0.6) is 0 Å². The molecule has 0 radical (unpaired) electrons. The van der Waals surface area contributed by atoms with E-state index in [-0.39, 0.29) is 11.6 Å². The van der Waals surface area contributed by atoms with E-state index >= 15 is 0 Å². The van der Waals surface area contributed by atoms with Crippen LogP contribution in [0.25, 0.3) is 0 Å². The Labute approximate surface area is 112 Å².